The van der Waals surface area contributed by atoms with Gasteiger partial charge in [-0.2, -0.15) is 0 Å². The lowest BCUT2D eigenvalue weighted by Gasteiger charge is -2.34. The second kappa shape index (κ2) is 6.57. The summed E-state index contributed by atoms with van der Waals surface area (Å²) in [5, 5.41) is 9.75. The molecule has 1 fully saturated rings. The quantitative estimate of drug-likeness (QED) is 0.885. The molecule has 0 amide bonds. The molecule has 0 aromatic heterocycles. The summed E-state index contributed by atoms with van der Waals surface area (Å²) in [5.74, 6) is -0.965. The molecule has 0 heterocycles. The van der Waals surface area contributed by atoms with Crippen LogP contribution in [0.25, 0.3) is 0 Å². The van der Waals surface area contributed by atoms with E-state index in [4.69, 9.17) is 11.6 Å². The molecule has 1 aromatic rings. The van der Waals surface area contributed by atoms with E-state index in [1.54, 1.807) is 12.1 Å². The first kappa shape index (κ1) is 15.3. The van der Waals surface area contributed by atoms with Crippen LogP contribution in [0.2, 0.25) is 5.02 Å². The first-order valence-electron chi connectivity index (χ1n) is 7.18. The number of rotatable bonds is 4. The van der Waals surface area contributed by atoms with Crippen molar-refractivity contribution < 1.29 is 14.3 Å². The highest BCUT2D eigenvalue weighted by molar-refractivity contribution is 6.31. The van der Waals surface area contributed by atoms with Gasteiger partial charge >= 0.3 is 5.97 Å². The summed E-state index contributed by atoms with van der Waals surface area (Å²) < 4.78 is 13.9. The summed E-state index contributed by atoms with van der Waals surface area (Å²) in [7, 11) is 0. The monoisotopic (exact) mass is 298 g/mol. The molecule has 1 N–H and O–H groups in total. The molecule has 2 nitrogen and oxygen atoms in total. The molecule has 1 saturated carbocycles. The van der Waals surface area contributed by atoms with Crippen LogP contribution in [-0.4, -0.2) is 11.1 Å². The van der Waals surface area contributed by atoms with E-state index in [0.29, 0.717) is 29.3 Å². The topological polar surface area (TPSA) is 37.3 Å². The van der Waals surface area contributed by atoms with Crippen LogP contribution in [-0.2, 0) is 11.2 Å². The van der Waals surface area contributed by atoms with Gasteiger partial charge in [0, 0.05) is 10.6 Å². The van der Waals surface area contributed by atoms with Gasteiger partial charge in [0.05, 0.1) is 5.92 Å². The SMILES string of the molecule is CCC1CCC(C(=O)O)C(Cc2c(F)cccc2Cl)C1. The van der Waals surface area contributed by atoms with Gasteiger partial charge in [-0.15, -0.1) is 0 Å². The van der Waals surface area contributed by atoms with E-state index in [9.17, 15) is 14.3 Å². The minimum atomic E-state index is -0.767. The zero-order valence-electron chi connectivity index (χ0n) is 11.6. The lowest BCUT2D eigenvalue weighted by Crippen LogP contribution is -2.32. The molecule has 3 atom stereocenters. The fraction of sp³-hybridized carbons (Fsp3) is 0.562. The number of halogens is 2. The van der Waals surface area contributed by atoms with Crippen LogP contribution >= 0.6 is 11.6 Å². The molecule has 110 valence electrons. The average molecular weight is 299 g/mol. The number of carbonyl (C=O) groups is 1. The highest BCUT2D eigenvalue weighted by Crippen LogP contribution is 2.38. The number of carboxylic acid groups (broad SMARTS) is 1. The van der Waals surface area contributed by atoms with E-state index in [-0.39, 0.29) is 17.7 Å². The second-order valence-corrected chi connectivity index (χ2v) is 6.10. The fourth-order valence-electron chi connectivity index (χ4n) is 3.27. The summed E-state index contributed by atoms with van der Waals surface area (Å²) in [6, 6.07) is 4.62. The molecule has 0 spiro atoms. The maximum absolute atomic E-state index is 13.9. The van der Waals surface area contributed by atoms with Crippen LogP contribution in [0.4, 0.5) is 4.39 Å². The normalized spacial score (nSPS) is 26.4. The third-order valence-corrected chi connectivity index (χ3v) is 4.87. The molecular weight excluding hydrogens is 279 g/mol. The van der Waals surface area contributed by atoms with Gasteiger partial charge in [-0.3, -0.25) is 4.79 Å². The van der Waals surface area contributed by atoms with Gasteiger partial charge < -0.3 is 5.11 Å². The Balaban J connectivity index is 2.20. The number of benzene rings is 1. The van der Waals surface area contributed by atoms with E-state index >= 15 is 0 Å². The van der Waals surface area contributed by atoms with Crippen molar-refractivity contribution in [2.75, 3.05) is 0 Å². The smallest absolute Gasteiger partial charge is 0.306 e. The second-order valence-electron chi connectivity index (χ2n) is 5.70. The van der Waals surface area contributed by atoms with E-state index in [1.807, 2.05) is 0 Å². The maximum atomic E-state index is 13.9. The van der Waals surface area contributed by atoms with E-state index in [2.05, 4.69) is 6.92 Å². The Bertz CT molecular complexity index is 469. The van der Waals surface area contributed by atoms with Crippen LogP contribution in [0.3, 0.4) is 0 Å². The lowest BCUT2D eigenvalue weighted by molar-refractivity contribution is -0.145. The number of aliphatic carboxylic acids is 1. The number of carboxylic acids is 1. The highest BCUT2D eigenvalue weighted by Gasteiger charge is 2.35. The van der Waals surface area contributed by atoms with Gasteiger partial charge in [0.15, 0.2) is 0 Å². The van der Waals surface area contributed by atoms with Crippen molar-refractivity contribution in [2.45, 2.75) is 39.0 Å². The molecule has 4 heteroatoms. The Morgan fingerprint density at radius 3 is 2.80 bits per heavy atom. The van der Waals surface area contributed by atoms with Crippen molar-refractivity contribution >= 4 is 17.6 Å². The first-order valence-corrected chi connectivity index (χ1v) is 7.56. The average Bonchev–Trinajstić information content (AvgIpc) is 2.42. The molecule has 2 rings (SSSR count). The first-order chi connectivity index (χ1) is 9.52. The number of hydrogen-bond acceptors (Lipinski definition) is 1. The molecule has 3 unspecified atom stereocenters. The van der Waals surface area contributed by atoms with E-state index in [1.165, 1.54) is 6.07 Å². The summed E-state index contributed by atoms with van der Waals surface area (Å²) in [5.41, 5.74) is 0.460. The van der Waals surface area contributed by atoms with Crippen LogP contribution in [0.15, 0.2) is 18.2 Å². The molecule has 0 aliphatic heterocycles. The predicted molar refractivity (Wildman–Crippen MR) is 77.4 cm³/mol. The van der Waals surface area contributed by atoms with Crippen LogP contribution in [0.1, 0.15) is 38.2 Å². The fourth-order valence-corrected chi connectivity index (χ4v) is 3.51. The summed E-state index contributed by atoms with van der Waals surface area (Å²) >= 11 is 6.06. The molecule has 1 aliphatic rings. The molecule has 1 aliphatic carbocycles. The Labute approximate surface area is 123 Å². The van der Waals surface area contributed by atoms with Gasteiger partial charge in [0.1, 0.15) is 5.82 Å². The minimum Gasteiger partial charge on any atom is -0.481 e. The molecule has 0 radical (unpaired) electrons. The van der Waals surface area contributed by atoms with Gasteiger partial charge in [-0.1, -0.05) is 31.0 Å². The van der Waals surface area contributed by atoms with Gasteiger partial charge in [-0.25, -0.2) is 4.39 Å². The third-order valence-electron chi connectivity index (χ3n) is 4.51. The summed E-state index contributed by atoms with van der Waals surface area (Å²) in [4.78, 5) is 11.4. The Morgan fingerprint density at radius 1 is 1.45 bits per heavy atom. The van der Waals surface area contributed by atoms with Crippen molar-refractivity contribution in [3.8, 4) is 0 Å². The number of hydrogen-bond donors (Lipinski definition) is 1. The van der Waals surface area contributed by atoms with Crippen LogP contribution in [0, 0.1) is 23.6 Å². The lowest BCUT2D eigenvalue weighted by atomic mass is 9.71. The standard InChI is InChI=1S/C16H20ClFO2/c1-2-10-6-7-12(16(19)20)11(8-10)9-13-14(17)4-3-5-15(13)18/h3-5,10-12H,2,6-9H2,1H3,(H,19,20). The van der Waals surface area contributed by atoms with Gasteiger partial charge in [0.25, 0.3) is 0 Å². The van der Waals surface area contributed by atoms with E-state index in [0.717, 1.165) is 19.3 Å². The Morgan fingerprint density at radius 2 is 2.20 bits per heavy atom. The molecule has 0 saturated heterocycles. The van der Waals surface area contributed by atoms with Crippen molar-refractivity contribution in [1.82, 2.24) is 0 Å². The zero-order chi connectivity index (χ0) is 14.7. The predicted octanol–water partition coefficient (Wildman–Crippen LogP) is 4.55. The highest BCUT2D eigenvalue weighted by atomic mass is 35.5. The van der Waals surface area contributed by atoms with Gasteiger partial charge in [0.2, 0.25) is 0 Å². The van der Waals surface area contributed by atoms with Gasteiger partial charge in [-0.05, 0) is 49.7 Å². The molecule has 0 bridgehead atoms. The molecular formula is C16H20ClFO2. The zero-order valence-corrected chi connectivity index (χ0v) is 12.4. The maximum Gasteiger partial charge on any atom is 0.306 e. The van der Waals surface area contributed by atoms with Crippen LogP contribution < -0.4 is 0 Å². The van der Waals surface area contributed by atoms with Crippen molar-refractivity contribution in [2.24, 2.45) is 17.8 Å². The van der Waals surface area contributed by atoms with Crippen molar-refractivity contribution in [3.05, 3.63) is 34.6 Å². The third kappa shape index (κ3) is 3.32. The van der Waals surface area contributed by atoms with Crippen molar-refractivity contribution in [3.63, 3.8) is 0 Å². The van der Waals surface area contributed by atoms with Crippen LogP contribution in [0.5, 0.6) is 0 Å². The summed E-state index contributed by atoms with van der Waals surface area (Å²) in [6.07, 6.45) is 3.95. The molecule has 1 aromatic carbocycles. The van der Waals surface area contributed by atoms with Crippen molar-refractivity contribution in [1.29, 1.82) is 0 Å². The largest absolute Gasteiger partial charge is 0.481 e. The summed E-state index contributed by atoms with van der Waals surface area (Å²) in [6.45, 7) is 2.12. The Hall–Kier alpha value is -1.09. The Kier molecular flexibility index (Phi) is 5.03. The minimum absolute atomic E-state index is 0.0272. The molecule has 20 heavy (non-hydrogen) atoms. The van der Waals surface area contributed by atoms with E-state index < -0.39 is 5.97 Å².